The van der Waals surface area contributed by atoms with Crippen LogP contribution >= 0.6 is 12.2 Å². The molecule has 5 nitrogen and oxygen atoms in total. The summed E-state index contributed by atoms with van der Waals surface area (Å²) in [4.78, 5) is 3.22. The first-order valence-corrected chi connectivity index (χ1v) is 10.3. The SMILES string of the molecule is S=c1[nH]c(-c2ccccc2)cn1N=Cc1cn(-c2ccccc2)nc1-c1ccccc1. The zero-order valence-corrected chi connectivity index (χ0v) is 17.4. The topological polar surface area (TPSA) is 50.9 Å². The van der Waals surface area contributed by atoms with Gasteiger partial charge in [-0.05, 0) is 29.9 Å². The Bertz CT molecular complexity index is 1380. The van der Waals surface area contributed by atoms with Crippen molar-refractivity contribution >= 4 is 18.4 Å². The van der Waals surface area contributed by atoms with Gasteiger partial charge in [-0.3, -0.25) is 0 Å². The van der Waals surface area contributed by atoms with E-state index in [0.717, 1.165) is 33.8 Å². The van der Waals surface area contributed by atoms with E-state index >= 15 is 0 Å². The molecule has 0 saturated heterocycles. The molecule has 0 amide bonds. The lowest BCUT2D eigenvalue weighted by molar-refractivity contribution is 0.864. The van der Waals surface area contributed by atoms with E-state index in [1.807, 2.05) is 108 Å². The molecule has 0 spiro atoms. The molecule has 0 saturated carbocycles. The van der Waals surface area contributed by atoms with E-state index in [9.17, 15) is 0 Å². The van der Waals surface area contributed by atoms with E-state index in [2.05, 4.69) is 10.1 Å². The largest absolute Gasteiger partial charge is 0.329 e. The summed E-state index contributed by atoms with van der Waals surface area (Å²) in [7, 11) is 0. The van der Waals surface area contributed by atoms with Crippen molar-refractivity contribution in [2.75, 3.05) is 0 Å². The lowest BCUT2D eigenvalue weighted by Crippen LogP contribution is -1.93. The van der Waals surface area contributed by atoms with Crippen LogP contribution in [0.3, 0.4) is 0 Å². The van der Waals surface area contributed by atoms with Crippen molar-refractivity contribution in [1.82, 2.24) is 19.4 Å². The van der Waals surface area contributed by atoms with Crippen LogP contribution in [0.4, 0.5) is 0 Å². The van der Waals surface area contributed by atoms with Crippen LogP contribution in [-0.2, 0) is 0 Å². The lowest BCUT2D eigenvalue weighted by atomic mass is 10.1. The van der Waals surface area contributed by atoms with Gasteiger partial charge in [0.15, 0.2) is 4.77 Å². The van der Waals surface area contributed by atoms with Gasteiger partial charge in [0.2, 0.25) is 0 Å². The molecule has 0 aliphatic carbocycles. The Morgan fingerprint density at radius 1 is 0.774 bits per heavy atom. The fourth-order valence-electron chi connectivity index (χ4n) is 3.38. The molecule has 0 radical (unpaired) electrons. The first-order chi connectivity index (χ1) is 15.3. The van der Waals surface area contributed by atoms with E-state index < -0.39 is 0 Å². The number of nitrogens with one attached hydrogen (secondary N) is 1. The van der Waals surface area contributed by atoms with Gasteiger partial charge in [0.25, 0.3) is 0 Å². The number of rotatable bonds is 5. The zero-order chi connectivity index (χ0) is 21.0. The number of nitrogens with zero attached hydrogens (tertiary/aromatic N) is 4. The van der Waals surface area contributed by atoms with Crippen LogP contribution < -0.4 is 0 Å². The van der Waals surface area contributed by atoms with Crippen molar-refractivity contribution in [3.63, 3.8) is 0 Å². The third-order valence-corrected chi connectivity index (χ3v) is 5.21. The molecule has 2 aromatic heterocycles. The van der Waals surface area contributed by atoms with Gasteiger partial charge >= 0.3 is 0 Å². The minimum Gasteiger partial charge on any atom is -0.329 e. The highest BCUT2D eigenvalue weighted by Gasteiger charge is 2.11. The Labute approximate surface area is 184 Å². The van der Waals surface area contributed by atoms with Gasteiger partial charge < -0.3 is 4.98 Å². The molecule has 3 aromatic carbocycles. The minimum absolute atomic E-state index is 0.534. The predicted octanol–water partition coefficient (Wildman–Crippen LogP) is 5.95. The Hall–Kier alpha value is -4.03. The molecule has 0 unspecified atom stereocenters. The molecule has 2 heterocycles. The van der Waals surface area contributed by atoms with E-state index in [1.165, 1.54) is 0 Å². The van der Waals surface area contributed by atoms with E-state index in [0.29, 0.717) is 4.77 Å². The number of aromatic nitrogens is 4. The second kappa shape index (κ2) is 8.38. The third-order valence-electron chi connectivity index (χ3n) is 4.92. The first-order valence-electron chi connectivity index (χ1n) is 9.90. The summed E-state index contributed by atoms with van der Waals surface area (Å²) in [6.45, 7) is 0. The van der Waals surface area contributed by atoms with Crippen LogP contribution in [0.5, 0.6) is 0 Å². The quantitative estimate of drug-likeness (QED) is 0.282. The molecule has 31 heavy (non-hydrogen) atoms. The summed E-state index contributed by atoms with van der Waals surface area (Å²) in [6, 6.07) is 30.2. The van der Waals surface area contributed by atoms with Gasteiger partial charge in [0.1, 0.15) is 5.69 Å². The Morgan fingerprint density at radius 3 is 2.06 bits per heavy atom. The summed E-state index contributed by atoms with van der Waals surface area (Å²) in [5.74, 6) is 0. The molecule has 5 aromatic rings. The van der Waals surface area contributed by atoms with E-state index in [4.69, 9.17) is 17.3 Å². The minimum atomic E-state index is 0.534. The molecule has 150 valence electrons. The summed E-state index contributed by atoms with van der Waals surface area (Å²) < 4.78 is 4.08. The van der Waals surface area contributed by atoms with Gasteiger partial charge in [0.05, 0.1) is 23.8 Å². The van der Waals surface area contributed by atoms with Crippen LogP contribution in [0, 0.1) is 4.77 Å². The Morgan fingerprint density at radius 2 is 1.39 bits per heavy atom. The average Bonchev–Trinajstić information content (AvgIpc) is 3.43. The molecule has 0 atom stereocenters. The number of para-hydroxylation sites is 1. The number of hydrogen-bond donors (Lipinski definition) is 1. The molecular formula is C25H19N5S. The summed E-state index contributed by atoms with van der Waals surface area (Å²) in [5, 5.41) is 9.44. The average molecular weight is 422 g/mol. The first kappa shape index (κ1) is 19.0. The van der Waals surface area contributed by atoms with Crippen molar-refractivity contribution in [1.29, 1.82) is 0 Å². The van der Waals surface area contributed by atoms with E-state index in [-0.39, 0.29) is 0 Å². The standard InChI is InChI=1S/C25H19N5S/c31-25-27-23(19-10-4-1-5-11-19)18-30(25)26-16-21-17-29(22-14-8-3-9-15-22)28-24(21)20-12-6-2-7-13-20/h1-18H,(H,27,31). The highest BCUT2D eigenvalue weighted by molar-refractivity contribution is 7.71. The maximum Gasteiger partial charge on any atom is 0.198 e. The van der Waals surface area contributed by atoms with Crippen molar-refractivity contribution < 1.29 is 0 Å². The van der Waals surface area contributed by atoms with Gasteiger partial charge in [0, 0.05) is 17.3 Å². The van der Waals surface area contributed by atoms with Crippen molar-refractivity contribution in [2.24, 2.45) is 5.10 Å². The molecule has 0 fully saturated rings. The second-order valence-electron chi connectivity index (χ2n) is 7.01. The lowest BCUT2D eigenvalue weighted by Gasteiger charge is -2.00. The molecule has 0 aliphatic rings. The number of hydrogen-bond acceptors (Lipinski definition) is 3. The summed E-state index contributed by atoms with van der Waals surface area (Å²) in [6.07, 6.45) is 5.68. The number of H-pyrrole nitrogens is 1. The van der Waals surface area contributed by atoms with Crippen molar-refractivity contribution in [2.45, 2.75) is 0 Å². The molecule has 6 heteroatoms. The Kier molecular flexibility index (Phi) is 5.12. The van der Waals surface area contributed by atoms with Crippen LogP contribution in [0.1, 0.15) is 5.56 Å². The monoisotopic (exact) mass is 421 g/mol. The molecule has 5 rings (SSSR count). The van der Waals surface area contributed by atoms with E-state index in [1.54, 1.807) is 10.9 Å². The van der Waals surface area contributed by atoms with Crippen LogP contribution in [0.25, 0.3) is 28.2 Å². The normalized spacial score (nSPS) is 11.2. The van der Waals surface area contributed by atoms with Gasteiger partial charge in [-0.15, -0.1) is 0 Å². The third kappa shape index (κ3) is 4.01. The second-order valence-corrected chi connectivity index (χ2v) is 7.39. The fourth-order valence-corrected chi connectivity index (χ4v) is 3.59. The van der Waals surface area contributed by atoms with Crippen molar-refractivity contribution in [3.05, 3.63) is 114 Å². The van der Waals surface area contributed by atoms with Crippen LogP contribution in [-0.4, -0.2) is 25.7 Å². The molecule has 0 bridgehead atoms. The van der Waals surface area contributed by atoms with Gasteiger partial charge in [-0.1, -0.05) is 78.9 Å². The van der Waals surface area contributed by atoms with Gasteiger partial charge in [-0.25, -0.2) is 9.36 Å². The maximum absolute atomic E-state index is 5.47. The Balaban J connectivity index is 1.54. The summed E-state index contributed by atoms with van der Waals surface area (Å²) in [5.41, 5.74) is 5.76. The fraction of sp³-hybridized carbons (Fsp3) is 0. The number of benzene rings is 3. The number of imidazole rings is 1. The highest BCUT2D eigenvalue weighted by Crippen LogP contribution is 2.23. The molecule has 1 N–H and O–H groups in total. The highest BCUT2D eigenvalue weighted by atomic mass is 32.1. The number of aromatic amines is 1. The predicted molar refractivity (Wildman–Crippen MR) is 127 cm³/mol. The maximum atomic E-state index is 5.47. The smallest absolute Gasteiger partial charge is 0.198 e. The zero-order valence-electron chi connectivity index (χ0n) is 16.6. The summed E-state index contributed by atoms with van der Waals surface area (Å²) >= 11 is 5.47. The molecule has 0 aliphatic heterocycles. The van der Waals surface area contributed by atoms with Crippen molar-refractivity contribution in [3.8, 4) is 28.2 Å². The molecular weight excluding hydrogens is 402 g/mol. The van der Waals surface area contributed by atoms with Crippen LogP contribution in [0.2, 0.25) is 0 Å². The van der Waals surface area contributed by atoms with Gasteiger partial charge in [-0.2, -0.15) is 10.2 Å². The van der Waals surface area contributed by atoms with Crippen LogP contribution in [0.15, 0.2) is 108 Å².